The first kappa shape index (κ1) is 19.9. The Morgan fingerprint density at radius 1 is 1.32 bits per heavy atom. The SMILES string of the molecule is CCC[C@@H]1CN(C(=O)CCc2c(C)nn(C)c2C)C[C@H]1NS(C)(=O)=O. The fourth-order valence-electron chi connectivity index (χ4n) is 3.72. The second kappa shape index (κ2) is 7.86. The van der Waals surface area contributed by atoms with E-state index in [0.29, 0.717) is 25.9 Å². The highest BCUT2D eigenvalue weighted by Crippen LogP contribution is 2.24. The van der Waals surface area contributed by atoms with Crippen molar-refractivity contribution in [1.82, 2.24) is 19.4 Å². The maximum Gasteiger partial charge on any atom is 0.222 e. The summed E-state index contributed by atoms with van der Waals surface area (Å²) < 4.78 is 27.7. The molecule has 0 spiro atoms. The van der Waals surface area contributed by atoms with E-state index in [1.165, 1.54) is 6.26 Å². The molecule has 0 radical (unpaired) electrons. The number of sulfonamides is 1. The van der Waals surface area contributed by atoms with E-state index in [4.69, 9.17) is 0 Å². The lowest BCUT2D eigenvalue weighted by molar-refractivity contribution is -0.130. The van der Waals surface area contributed by atoms with E-state index in [2.05, 4.69) is 16.7 Å². The van der Waals surface area contributed by atoms with E-state index in [0.717, 1.165) is 29.8 Å². The van der Waals surface area contributed by atoms with Gasteiger partial charge in [0.15, 0.2) is 0 Å². The Balaban J connectivity index is 1.99. The van der Waals surface area contributed by atoms with Crippen LogP contribution in [0.5, 0.6) is 0 Å². The number of nitrogens with one attached hydrogen (secondary N) is 1. The summed E-state index contributed by atoms with van der Waals surface area (Å²) in [5, 5.41) is 4.39. The van der Waals surface area contributed by atoms with Crippen LogP contribution in [0.3, 0.4) is 0 Å². The number of amides is 1. The minimum Gasteiger partial charge on any atom is -0.341 e. The van der Waals surface area contributed by atoms with Crippen molar-refractivity contribution in [2.45, 2.75) is 52.5 Å². The molecule has 2 heterocycles. The van der Waals surface area contributed by atoms with Crippen LogP contribution in [0.15, 0.2) is 0 Å². The largest absolute Gasteiger partial charge is 0.341 e. The molecule has 0 saturated carbocycles. The van der Waals surface area contributed by atoms with Gasteiger partial charge < -0.3 is 4.90 Å². The molecule has 2 atom stereocenters. The number of aryl methyl sites for hydroxylation is 2. The Morgan fingerprint density at radius 3 is 2.52 bits per heavy atom. The molecule has 1 aliphatic heterocycles. The fraction of sp³-hybridized carbons (Fsp3) is 0.765. The molecule has 1 amide bonds. The predicted octanol–water partition coefficient (Wildman–Crippen LogP) is 1.15. The molecule has 1 fully saturated rings. The monoisotopic (exact) mass is 370 g/mol. The Kier molecular flexibility index (Phi) is 6.26. The van der Waals surface area contributed by atoms with Crippen molar-refractivity contribution in [2.75, 3.05) is 19.3 Å². The average Bonchev–Trinajstić information content (AvgIpc) is 2.98. The summed E-state index contributed by atoms with van der Waals surface area (Å²) in [5.74, 6) is 0.270. The van der Waals surface area contributed by atoms with Gasteiger partial charge in [0.05, 0.1) is 11.9 Å². The minimum absolute atomic E-state index is 0.0848. The number of rotatable bonds is 7. The molecule has 0 unspecified atom stereocenters. The first-order chi connectivity index (χ1) is 11.6. The lowest BCUT2D eigenvalue weighted by Crippen LogP contribution is -2.40. The van der Waals surface area contributed by atoms with Crippen molar-refractivity contribution < 1.29 is 13.2 Å². The predicted molar refractivity (Wildman–Crippen MR) is 97.7 cm³/mol. The second-order valence-electron chi connectivity index (χ2n) is 7.12. The quantitative estimate of drug-likeness (QED) is 0.780. The summed E-state index contributed by atoms with van der Waals surface area (Å²) in [4.78, 5) is 14.4. The topological polar surface area (TPSA) is 84.3 Å². The van der Waals surface area contributed by atoms with Gasteiger partial charge in [0.2, 0.25) is 15.9 Å². The molecule has 8 heteroatoms. The van der Waals surface area contributed by atoms with Gasteiger partial charge in [0.25, 0.3) is 0 Å². The number of carbonyl (C=O) groups is 1. The molecule has 0 aromatic carbocycles. The maximum atomic E-state index is 12.6. The van der Waals surface area contributed by atoms with E-state index < -0.39 is 10.0 Å². The van der Waals surface area contributed by atoms with Crippen LogP contribution in [-0.4, -0.2) is 54.4 Å². The Morgan fingerprint density at radius 2 is 2.00 bits per heavy atom. The molecule has 1 aromatic rings. The van der Waals surface area contributed by atoms with Crippen molar-refractivity contribution in [3.63, 3.8) is 0 Å². The standard InChI is InChI=1S/C17H30N4O3S/c1-6-7-14-10-21(11-16(14)19-25(5,23)24)17(22)9-8-15-12(2)18-20(4)13(15)3/h14,16,19H,6-11H2,1-5H3/t14-,16-/m1/s1. The van der Waals surface area contributed by atoms with Gasteiger partial charge in [0, 0.05) is 38.3 Å². The number of hydrogen-bond acceptors (Lipinski definition) is 4. The Hall–Kier alpha value is -1.41. The molecule has 0 aliphatic carbocycles. The van der Waals surface area contributed by atoms with Crippen molar-refractivity contribution >= 4 is 15.9 Å². The number of nitrogens with zero attached hydrogens (tertiary/aromatic N) is 3. The Labute approximate surface area is 150 Å². The minimum atomic E-state index is -3.27. The first-order valence-corrected chi connectivity index (χ1v) is 10.8. The van der Waals surface area contributed by atoms with Crippen LogP contribution in [-0.2, 0) is 28.3 Å². The van der Waals surface area contributed by atoms with Crippen LogP contribution < -0.4 is 4.72 Å². The summed E-state index contributed by atoms with van der Waals surface area (Å²) in [7, 11) is -1.36. The zero-order valence-corrected chi connectivity index (χ0v) is 16.7. The lowest BCUT2D eigenvalue weighted by Gasteiger charge is -2.17. The summed E-state index contributed by atoms with van der Waals surface area (Å²) in [5.41, 5.74) is 3.19. The third-order valence-electron chi connectivity index (χ3n) is 5.07. The molecule has 0 bridgehead atoms. The van der Waals surface area contributed by atoms with Gasteiger partial charge in [0.1, 0.15) is 0 Å². The van der Waals surface area contributed by atoms with Crippen LogP contribution in [0.2, 0.25) is 0 Å². The zero-order chi connectivity index (χ0) is 18.8. The summed E-state index contributed by atoms with van der Waals surface area (Å²) >= 11 is 0. The maximum absolute atomic E-state index is 12.6. The molecule has 1 aliphatic rings. The molecular weight excluding hydrogens is 340 g/mol. The number of aromatic nitrogens is 2. The highest BCUT2D eigenvalue weighted by atomic mass is 32.2. The van der Waals surface area contributed by atoms with Crippen LogP contribution in [0, 0.1) is 19.8 Å². The van der Waals surface area contributed by atoms with Crippen LogP contribution in [0.25, 0.3) is 0 Å². The van der Waals surface area contributed by atoms with Crippen molar-refractivity contribution in [1.29, 1.82) is 0 Å². The third-order valence-corrected chi connectivity index (χ3v) is 5.80. The highest BCUT2D eigenvalue weighted by Gasteiger charge is 2.35. The van der Waals surface area contributed by atoms with E-state index in [-0.39, 0.29) is 17.9 Å². The van der Waals surface area contributed by atoms with Gasteiger partial charge in [-0.3, -0.25) is 9.48 Å². The summed E-state index contributed by atoms with van der Waals surface area (Å²) in [6.07, 6.45) is 4.16. The van der Waals surface area contributed by atoms with E-state index in [1.54, 1.807) is 0 Å². The van der Waals surface area contributed by atoms with Gasteiger partial charge in [-0.05, 0) is 38.2 Å². The molecule has 1 N–H and O–H groups in total. The third kappa shape index (κ3) is 5.04. The molecule has 25 heavy (non-hydrogen) atoms. The molecule has 2 rings (SSSR count). The normalized spacial score (nSPS) is 21.1. The van der Waals surface area contributed by atoms with E-state index >= 15 is 0 Å². The zero-order valence-electron chi connectivity index (χ0n) is 15.9. The van der Waals surface area contributed by atoms with Crippen LogP contribution >= 0.6 is 0 Å². The van der Waals surface area contributed by atoms with Gasteiger partial charge in [-0.2, -0.15) is 5.10 Å². The lowest BCUT2D eigenvalue weighted by atomic mass is 9.99. The van der Waals surface area contributed by atoms with E-state index in [9.17, 15) is 13.2 Å². The van der Waals surface area contributed by atoms with Gasteiger partial charge in [-0.1, -0.05) is 13.3 Å². The first-order valence-electron chi connectivity index (χ1n) is 8.86. The van der Waals surface area contributed by atoms with E-state index in [1.807, 2.05) is 30.5 Å². The molecular formula is C17H30N4O3S. The van der Waals surface area contributed by atoms with Crippen molar-refractivity contribution in [2.24, 2.45) is 13.0 Å². The van der Waals surface area contributed by atoms with Crippen molar-refractivity contribution in [3.8, 4) is 0 Å². The van der Waals surface area contributed by atoms with Gasteiger partial charge >= 0.3 is 0 Å². The van der Waals surface area contributed by atoms with Gasteiger partial charge in [-0.25, -0.2) is 13.1 Å². The number of carbonyl (C=O) groups excluding carboxylic acids is 1. The number of likely N-dealkylation sites (tertiary alicyclic amines) is 1. The second-order valence-corrected chi connectivity index (χ2v) is 8.90. The fourth-order valence-corrected chi connectivity index (χ4v) is 4.53. The van der Waals surface area contributed by atoms with Crippen LogP contribution in [0.4, 0.5) is 0 Å². The van der Waals surface area contributed by atoms with Gasteiger partial charge in [-0.15, -0.1) is 0 Å². The molecule has 7 nitrogen and oxygen atoms in total. The average molecular weight is 371 g/mol. The smallest absolute Gasteiger partial charge is 0.222 e. The molecule has 1 saturated heterocycles. The summed E-state index contributed by atoms with van der Waals surface area (Å²) in [6.45, 7) is 7.15. The summed E-state index contributed by atoms with van der Waals surface area (Å²) in [6, 6.07) is -0.180. The Bertz CT molecular complexity index is 726. The molecule has 142 valence electrons. The number of hydrogen-bond donors (Lipinski definition) is 1. The highest BCUT2D eigenvalue weighted by molar-refractivity contribution is 7.88. The van der Waals surface area contributed by atoms with Crippen LogP contribution in [0.1, 0.15) is 43.1 Å². The molecule has 1 aromatic heterocycles. The van der Waals surface area contributed by atoms with Crippen molar-refractivity contribution in [3.05, 3.63) is 17.0 Å².